The third kappa shape index (κ3) is 3.10. The summed E-state index contributed by atoms with van der Waals surface area (Å²) in [6.07, 6.45) is -0.378. The molecule has 1 atom stereocenters. The molecule has 0 saturated heterocycles. The van der Waals surface area contributed by atoms with Gasteiger partial charge >= 0.3 is 0 Å². The second-order valence-electron chi connectivity index (χ2n) is 3.99. The summed E-state index contributed by atoms with van der Waals surface area (Å²) in [7, 11) is 0. The summed E-state index contributed by atoms with van der Waals surface area (Å²) in [6.45, 7) is 0. The normalized spacial score (nSPS) is 12.4. The number of rotatable bonds is 3. The summed E-state index contributed by atoms with van der Waals surface area (Å²) in [6, 6.07) is 11.9. The molecule has 1 nitrogen and oxygen atoms in total. The van der Waals surface area contributed by atoms with Crippen molar-refractivity contribution in [3.05, 3.63) is 68.9 Å². The summed E-state index contributed by atoms with van der Waals surface area (Å²) in [5.41, 5.74) is 1.45. The fraction of sp³-hybridized carbons (Fsp3) is 0.143. The molecule has 94 valence electrons. The van der Waals surface area contributed by atoms with Crippen molar-refractivity contribution in [2.45, 2.75) is 12.5 Å². The Morgan fingerprint density at radius 1 is 1.22 bits per heavy atom. The minimum atomic E-state index is -0.770. The molecule has 2 aromatic carbocycles. The maximum absolute atomic E-state index is 13.4. The predicted molar refractivity (Wildman–Crippen MR) is 74.2 cm³/mol. The van der Waals surface area contributed by atoms with E-state index in [4.69, 9.17) is 11.6 Å². The van der Waals surface area contributed by atoms with Crippen LogP contribution in [0.4, 0.5) is 4.39 Å². The van der Waals surface area contributed by atoms with Crippen molar-refractivity contribution in [2.75, 3.05) is 0 Å². The molecular formula is C14H11BrClFO. The molecule has 1 unspecified atom stereocenters. The zero-order chi connectivity index (χ0) is 13.1. The summed E-state index contributed by atoms with van der Waals surface area (Å²) < 4.78 is 13.7. The van der Waals surface area contributed by atoms with Gasteiger partial charge in [0.15, 0.2) is 0 Å². The highest BCUT2D eigenvalue weighted by Gasteiger charge is 2.14. The highest BCUT2D eigenvalue weighted by Crippen LogP contribution is 2.28. The van der Waals surface area contributed by atoms with Crippen molar-refractivity contribution >= 4 is 27.5 Å². The van der Waals surface area contributed by atoms with Gasteiger partial charge in [-0.2, -0.15) is 0 Å². The summed E-state index contributed by atoms with van der Waals surface area (Å²) in [5.74, 6) is -0.377. The van der Waals surface area contributed by atoms with E-state index in [-0.39, 0.29) is 5.82 Å². The Kier molecular flexibility index (Phi) is 4.38. The van der Waals surface area contributed by atoms with E-state index in [0.717, 1.165) is 5.56 Å². The van der Waals surface area contributed by atoms with Crippen molar-refractivity contribution in [1.82, 2.24) is 0 Å². The van der Waals surface area contributed by atoms with Gasteiger partial charge in [-0.05, 0) is 45.3 Å². The lowest BCUT2D eigenvalue weighted by Crippen LogP contribution is -2.03. The standard InChI is InChI=1S/C14H11BrClFO/c15-14-11(5-2-6-12(14)17)13(18)8-9-3-1-4-10(16)7-9/h1-7,13,18H,8H2. The lowest BCUT2D eigenvalue weighted by molar-refractivity contribution is 0.177. The Bertz CT molecular complexity index is 559. The van der Waals surface area contributed by atoms with Gasteiger partial charge in [0.25, 0.3) is 0 Å². The second kappa shape index (κ2) is 5.83. The molecule has 0 saturated carbocycles. The molecule has 0 heterocycles. The van der Waals surface area contributed by atoms with Crippen LogP contribution in [-0.2, 0) is 6.42 Å². The number of aliphatic hydroxyl groups is 1. The van der Waals surface area contributed by atoms with Crippen LogP contribution in [0.2, 0.25) is 5.02 Å². The Morgan fingerprint density at radius 3 is 2.67 bits per heavy atom. The van der Waals surface area contributed by atoms with E-state index < -0.39 is 6.10 Å². The maximum atomic E-state index is 13.4. The predicted octanol–water partition coefficient (Wildman–Crippen LogP) is 4.52. The Labute approximate surface area is 118 Å². The van der Waals surface area contributed by atoms with Crippen LogP contribution in [0.25, 0.3) is 0 Å². The third-order valence-electron chi connectivity index (χ3n) is 2.66. The first-order valence-electron chi connectivity index (χ1n) is 5.44. The molecule has 0 aromatic heterocycles. The van der Waals surface area contributed by atoms with Gasteiger partial charge in [-0.3, -0.25) is 0 Å². The summed E-state index contributed by atoms with van der Waals surface area (Å²) >= 11 is 9.03. The van der Waals surface area contributed by atoms with Crippen LogP contribution >= 0.6 is 27.5 Å². The average Bonchev–Trinajstić information content (AvgIpc) is 2.32. The first-order valence-corrected chi connectivity index (χ1v) is 6.61. The number of hydrogen-bond acceptors (Lipinski definition) is 1. The first-order chi connectivity index (χ1) is 8.58. The molecule has 2 aromatic rings. The Morgan fingerprint density at radius 2 is 1.94 bits per heavy atom. The van der Waals surface area contributed by atoms with Gasteiger partial charge in [0.2, 0.25) is 0 Å². The van der Waals surface area contributed by atoms with Crippen LogP contribution in [0, 0.1) is 5.82 Å². The molecule has 0 aliphatic heterocycles. The lowest BCUT2D eigenvalue weighted by Gasteiger charge is -2.13. The fourth-order valence-electron chi connectivity index (χ4n) is 1.77. The molecule has 0 aliphatic rings. The van der Waals surface area contributed by atoms with Crippen LogP contribution < -0.4 is 0 Å². The topological polar surface area (TPSA) is 20.2 Å². The second-order valence-corrected chi connectivity index (χ2v) is 5.22. The number of benzene rings is 2. The smallest absolute Gasteiger partial charge is 0.137 e. The zero-order valence-electron chi connectivity index (χ0n) is 9.41. The average molecular weight is 330 g/mol. The summed E-state index contributed by atoms with van der Waals surface area (Å²) in [5, 5.41) is 10.8. The quantitative estimate of drug-likeness (QED) is 0.878. The van der Waals surface area contributed by atoms with E-state index in [0.29, 0.717) is 21.5 Å². The number of aliphatic hydroxyl groups excluding tert-OH is 1. The molecule has 0 aliphatic carbocycles. The van der Waals surface area contributed by atoms with Crippen LogP contribution in [0.1, 0.15) is 17.2 Å². The van der Waals surface area contributed by atoms with Gasteiger partial charge in [-0.1, -0.05) is 35.9 Å². The van der Waals surface area contributed by atoms with E-state index >= 15 is 0 Å². The van der Waals surface area contributed by atoms with E-state index in [1.54, 1.807) is 24.3 Å². The van der Waals surface area contributed by atoms with Gasteiger partial charge in [-0.25, -0.2) is 4.39 Å². The molecule has 0 radical (unpaired) electrons. The maximum Gasteiger partial charge on any atom is 0.137 e. The van der Waals surface area contributed by atoms with Gasteiger partial charge in [0, 0.05) is 11.4 Å². The molecule has 0 amide bonds. The Hall–Kier alpha value is -0.900. The van der Waals surface area contributed by atoms with E-state index in [9.17, 15) is 9.50 Å². The van der Waals surface area contributed by atoms with E-state index in [1.807, 2.05) is 12.1 Å². The van der Waals surface area contributed by atoms with Crippen LogP contribution in [0.5, 0.6) is 0 Å². The monoisotopic (exact) mass is 328 g/mol. The Balaban J connectivity index is 2.22. The third-order valence-corrected chi connectivity index (χ3v) is 3.73. The van der Waals surface area contributed by atoms with E-state index in [1.165, 1.54) is 6.07 Å². The van der Waals surface area contributed by atoms with Gasteiger partial charge in [-0.15, -0.1) is 0 Å². The summed E-state index contributed by atoms with van der Waals surface area (Å²) in [4.78, 5) is 0. The highest BCUT2D eigenvalue weighted by atomic mass is 79.9. The van der Waals surface area contributed by atoms with Crippen molar-refractivity contribution in [2.24, 2.45) is 0 Å². The molecule has 4 heteroatoms. The lowest BCUT2D eigenvalue weighted by atomic mass is 10.0. The molecule has 0 spiro atoms. The fourth-order valence-corrected chi connectivity index (χ4v) is 2.52. The van der Waals surface area contributed by atoms with Crippen molar-refractivity contribution < 1.29 is 9.50 Å². The van der Waals surface area contributed by atoms with Crippen molar-refractivity contribution in [1.29, 1.82) is 0 Å². The van der Waals surface area contributed by atoms with Crippen molar-refractivity contribution in [3.63, 3.8) is 0 Å². The molecule has 18 heavy (non-hydrogen) atoms. The highest BCUT2D eigenvalue weighted by molar-refractivity contribution is 9.10. The molecule has 2 rings (SSSR count). The molecule has 0 fully saturated rings. The van der Waals surface area contributed by atoms with E-state index in [2.05, 4.69) is 15.9 Å². The molecule has 1 N–H and O–H groups in total. The van der Waals surface area contributed by atoms with Crippen LogP contribution in [0.15, 0.2) is 46.9 Å². The SMILES string of the molecule is OC(Cc1cccc(Cl)c1)c1cccc(F)c1Br. The zero-order valence-corrected chi connectivity index (χ0v) is 11.7. The van der Waals surface area contributed by atoms with Crippen LogP contribution in [0.3, 0.4) is 0 Å². The van der Waals surface area contributed by atoms with Crippen molar-refractivity contribution in [3.8, 4) is 0 Å². The minimum Gasteiger partial charge on any atom is -0.388 e. The van der Waals surface area contributed by atoms with Gasteiger partial charge in [0.05, 0.1) is 10.6 Å². The van der Waals surface area contributed by atoms with Gasteiger partial charge < -0.3 is 5.11 Å². The van der Waals surface area contributed by atoms with Crippen LogP contribution in [-0.4, -0.2) is 5.11 Å². The molecule has 0 bridgehead atoms. The molecular weight excluding hydrogens is 319 g/mol. The number of halogens is 3. The number of hydrogen-bond donors (Lipinski definition) is 1. The van der Waals surface area contributed by atoms with Gasteiger partial charge in [0.1, 0.15) is 5.82 Å². The first kappa shape index (κ1) is 13.5. The minimum absolute atomic E-state index is 0.305. The largest absolute Gasteiger partial charge is 0.388 e.